The number of aromatic nitrogens is 2. The average molecular weight is 583 g/mol. The van der Waals surface area contributed by atoms with Gasteiger partial charge in [0.15, 0.2) is 0 Å². The summed E-state index contributed by atoms with van der Waals surface area (Å²) in [6.07, 6.45) is 5.54. The standard InChI is InChI=1S/C25H35NO.C11H13N3.C2H6/c1-19-8-10-20(11-9-19)17-26-18-21-6-5-7-24(16-21)27-23-14-12-22(13-15-23)25(2,3)4;1-8-12-10-7-5-4-6-9(10)11(13-8)14(2)3;1-2/h5-7,12-16,19-20,26H,8-11,17-18H2,1-4H3;4-7H,1-3H3;1-2H3. The molecule has 3 aromatic carbocycles. The zero-order valence-corrected chi connectivity index (χ0v) is 28.1. The summed E-state index contributed by atoms with van der Waals surface area (Å²) in [6.45, 7) is 17.0. The normalized spacial score (nSPS) is 16.4. The topological polar surface area (TPSA) is 50.3 Å². The number of aryl methyl sites for hydroxylation is 1. The van der Waals surface area contributed by atoms with E-state index in [9.17, 15) is 0 Å². The molecule has 0 aliphatic heterocycles. The van der Waals surface area contributed by atoms with Crippen LogP contribution in [-0.2, 0) is 12.0 Å². The number of para-hydroxylation sites is 1. The molecule has 5 rings (SSSR count). The number of hydrogen-bond donors (Lipinski definition) is 1. The van der Waals surface area contributed by atoms with Gasteiger partial charge in [-0.3, -0.25) is 0 Å². The molecular formula is C38H54N4O. The second-order valence-electron chi connectivity index (χ2n) is 12.8. The first-order valence-electron chi connectivity index (χ1n) is 16.1. The Morgan fingerprint density at radius 1 is 0.837 bits per heavy atom. The lowest BCUT2D eigenvalue weighted by Crippen LogP contribution is -2.25. The lowest BCUT2D eigenvalue weighted by molar-refractivity contribution is 0.281. The zero-order chi connectivity index (χ0) is 31.4. The van der Waals surface area contributed by atoms with Crippen LogP contribution in [-0.4, -0.2) is 30.6 Å². The highest BCUT2D eigenvalue weighted by atomic mass is 16.5. The Morgan fingerprint density at radius 2 is 1.51 bits per heavy atom. The number of nitrogens with zero attached hydrogens (tertiary/aromatic N) is 3. The van der Waals surface area contributed by atoms with Crippen LogP contribution >= 0.6 is 0 Å². The SMILES string of the molecule is CC.CC1CCC(CNCc2cccc(Oc3ccc(C(C)(C)C)cc3)c2)CC1.Cc1nc(N(C)C)c2ccccc2n1. The number of anilines is 1. The predicted molar refractivity (Wildman–Crippen MR) is 184 cm³/mol. The largest absolute Gasteiger partial charge is 0.457 e. The highest BCUT2D eigenvalue weighted by Gasteiger charge is 2.17. The fraction of sp³-hybridized carbons (Fsp3) is 0.474. The van der Waals surface area contributed by atoms with E-state index in [1.54, 1.807) is 0 Å². The molecule has 43 heavy (non-hydrogen) atoms. The number of rotatable bonds is 7. The van der Waals surface area contributed by atoms with Crippen molar-refractivity contribution in [2.45, 2.75) is 86.1 Å². The molecule has 0 amide bonds. The monoisotopic (exact) mass is 582 g/mol. The van der Waals surface area contributed by atoms with E-state index >= 15 is 0 Å². The van der Waals surface area contributed by atoms with E-state index in [4.69, 9.17) is 4.74 Å². The summed E-state index contributed by atoms with van der Waals surface area (Å²) < 4.78 is 6.07. The van der Waals surface area contributed by atoms with E-state index in [2.05, 4.69) is 85.4 Å². The van der Waals surface area contributed by atoms with Gasteiger partial charge in [-0.25, -0.2) is 9.97 Å². The van der Waals surface area contributed by atoms with Crippen LogP contribution in [0.4, 0.5) is 5.82 Å². The molecule has 1 saturated carbocycles. The van der Waals surface area contributed by atoms with Crippen molar-refractivity contribution in [3.8, 4) is 11.5 Å². The lowest BCUT2D eigenvalue weighted by Gasteiger charge is -2.26. The smallest absolute Gasteiger partial charge is 0.139 e. The highest BCUT2D eigenvalue weighted by molar-refractivity contribution is 5.89. The van der Waals surface area contributed by atoms with Gasteiger partial charge in [0, 0.05) is 26.0 Å². The van der Waals surface area contributed by atoms with E-state index in [0.717, 1.165) is 59.0 Å². The maximum Gasteiger partial charge on any atom is 0.139 e. The Balaban J connectivity index is 0.000000265. The van der Waals surface area contributed by atoms with Crippen molar-refractivity contribution in [2.24, 2.45) is 11.8 Å². The van der Waals surface area contributed by atoms with Crippen LogP contribution < -0.4 is 15.0 Å². The molecule has 0 bridgehead atoms. The van der Waals surface area contributed by atoms with Gasteiger partial charge in [-0.2, -0.15) is 0 Å². The van der Waals surface area contributed by atoms with Crippen molar-refractivity contribution in [1.29, 1.82) is 0 Å². The van der Waals surface area contributed by atoms with Crippen LogP contribution in [0.15, 0.2) is 72.8 Å². The fourth-order valence-corrected chi connectivity index (χ4v) is 5.35. The summed E-state index contributed by atoms with van der Waals surface area (Å²) in [6, 6.07) is 24.9. The Bertz CT molecular complexity index is 1380. The maximum absolute atomic E-state index is 6.07. The van der Waals surface area contributed by atoms with Gasteiger partial charge < -0.3 is 15.0 Å². The zero-order valence-electron chi connectivity index (χ0n) is 28.1. The molecular weight excluding hydrogens is 528 g/mol. The molecule has 5 heteroatoms. The van der Waals surface area contributed by atoms with Crippen molar-refractivity contribution < 1.29 is 4.74 Å². The van der Waals surface area contributed by atoms with Gasteiger partial charge in [0.2, 0.25) is 0 Å². The van der Waals surface area contributed by atoms with Crippen LogP contribution in [0.3, 0.4) is 0 Å². The summed E-state index contributed by atoms with van der Waals surface area (Å²) in [7, 11) is 3.99. The Morgan fingerprint density at radius 3 is 2.16 bits per heavy atom. The van der Waals surface area contributed by atoms with E-state index in [1.807, 2.05) is 70.1 Å². The summed E-state index contributed by atoms with van der Waals surface area (Å²) in [5.74, 6) is 5.36. The highest BCUT2D eigenvalue weighted by Crippen LogP contribution is 2.29. The number of nitrogens with one attached hydrogen (secondary N) is 1. The minimum absolute atomic E-state index is 0.167. The number of benzene rings is 3. The van der Waals surface area contributed by atoms with Gasteiger partial charge in [-0.1, -0.05) is 90.8 Å². The molecule has 1 heterocycles. The second kappa shape index (κ2) is 16.4. The summed E-state index contributed by atoms with van der Waals surface area (Å²) in [5, 5.41) is 4.75. The molecule has 1 aliphatic rings. The van der Waals surface area contributed by atoms with Crippen LogP contribution in [0.5, 0.6) is 11.5 Å². The first-order valence-corrected chi connectivity index (χ1v) is 16.1. The molecule has 0 saturated heterocycles. The van der Waals surface area contributed by atoms with E-state index in [0.29, 0.717) is 0 Å². The summed E-state index contributed by atoms with van der Waals surface area (Å²) in [5.41, 5.74) is 3.78. The van der Waals surface area contributed by atoms with Gasteiger partial charge in [-0.05, 0) is 91.1 Å². The van der Waals surface area contributed by atoms with Crippen molar-refractivity contribution in [1.82, 2.24) is 15.3 Å². The molecule has 5 nitrogen and oxygen atoms in total. The Kier molecular flexibility index (Phi) is 13.0. The van der Waals surface area contributed by atoms with Gasteiger partial charge in [0.25, 0.3) is 0 Å². The molecule has 0 atom stereocenters. The van der Waals surface area contributed by atoms with E-state index < -0.39 is 0 Å². The van der Waals surface area contributed by atoms with E-state index in [-0.39, 0.29) is 5.41 Å². The van der Waals surface area contributed by atoms with Gasteiger partial charge >= 0.3 is 0 Å². The molecule has 0 unspecified atom stereocenters. The van der Waals surface area contributed by atoms with Crippen LogP contribution in [0, 0.1) is 18.8 Å². The van der Waals surface area contributed by atoms with Crippen LogP contribution in [0.25, 0.3) is 10.9 Å². The average Bonchev–Trinajstić information content (AvgIpc) is 2.99. The molecule has 1 aliphatic carbocycles. The number of ether oxygens (including phenoxy) is 1. The maximum atomic E-state index is 6.07. The van der Waals surface area contributed by atoms with Crippen molar-refractivity contribution in [2.75, 3.05) is 25.5 Å². The van der Waals surface area contributed by atoms with Crippen molar-refractivity contribution in [3.63, 3.8) is 0 Å². The van der Waals surface area contributed by atoms with Gasteiger partial charge in [-0.15, -0.1) is 0 Å². The van der Waals surface area contributed by atoms with Crippen molar-refractivity contribution >= 4 is 16.7 Å². The lowest BCUT2D eigenvalue weighted by atomic mass is 9.83. The Hall–Kier alpha value is -3.44. The molecule has 1 aromatic heterocycles. The molecule has 4 aromatic rings. The molecule has 232 valence electrons. The molecule has 0 spiro atoms. The minimum Gasteiger partial charge on any atom is -0.457 e. The third kappa shape index (κ3) is 10.7. The third-order valence-electron chi connectivity index (χ3n) is 7.87. The van der Waals surface area contributed by atoms with Crippen LogP contribution in [0.1, 0.15) is 84.2 Å². The van der Waals surface area contributed by atoms with Gasteiger partial charge in [0.1, 0.15) is 23.1 Å². The summed E-state index contributed by atoms with van der Waals surface area (Å²) in [4.78, 5) is 10.8. The third-order valence-corrected chi connectivity index (χ3v) is 7.87. The molecule has 1 N–H and O–H groups in total. The quantitative estimate of drug-likeness (QED) is 0.235. The van der Waals surface area contributed by atoms with Gasteiger partial charge in [0.05, 0.1) is 5.52 Å². The first-order chi connectivity index (χ1) is 20.6. The predicted octanol–water partition coefficient (Wildman–Crippen LogP) is 9.72. The number of hydrogen-bond acceptors (Lipinski definition) is 5. The van der Waals surface area contributed by atoms with Crippen LogP contribution in [0.2, 0.25) is 0 Å². The number of fused-ring (bicyclic) bond motifs is 1. The summed E-state index contributed by atoms with van der Waals surface area (Å²) >= 11 is 0. The fourth-order valence-electron chi connectivity index (χ4n) is 5.35. The minimum atomic E-state index is 0.167. The van der Waals surface area contributed by atoms with Crippen molar-refractivity contribution in [3.05, 3.63) is 89.7 Å². The second-order valence-corrected chi connectivity index (χ2v) is 12.8. The molecule has 0 radical (unpaired) electrons. The molecule has 1 fully saturated rings. The Labute approximate surface area is 261 Å². The first kappa shape index (κ1) is 34.1. The van der Waals surface area contributed by atoms with E-state index in [1.165, 1.54) is 36.8 Å².